The van der Waals surface area contributed by atoms with Crippen LogP contribution in [-0.4, -0.2) is 13.1 Å². The number of rotatable bonds is 4. The average molecular weight is 462 g/mol. The molecule has 2 aromatic heterocycles. The van der Waals surface area contributed by atoms with Gasteiger partial charge in [0.15, 0.2) is 11.6 Å². The predicted molar refractivity (Wildman–Crippen MR) is 135 cm³/mol. The summed E-state index contributed by atoms with van der Waals surface area (Å²) < 4.78 is 46.9. The van der Waals surface area contributed by atoms with Gasteiger partial charge in [0, 0.05) is 34.7 Å². The molecule has 0 aliphatic heterocycles. The zero-order valence-corrected chi connectivity index (χ0v) is 19.9. The van der Waals surface area contributed by atoms with Crippen LogP contribution < -0.4 is 5.19 Å². The molecular formula is C27H23F2NSSi. The third kappa shape index (κ3) is 3.76. The van der Waals surface area contributed by atoms with Crippen LogP contribution >= 0.6 is 11.3 Å². The number of nitrogens with zero attached hydrogens (tertiary/aromatic N) is 1. The van der Waals surface area contributed by atoms with Crippen LogP contribution in [0.5, 0.6) is 0 Å². The summed E-state index contributed by atoms with van der Waals surface area (Å²) >= 11 is 1.76. The molecule has 0 N–H and O–H groups in total. The molecule has 3 aromatic carbocycles. The number of pyridine rings is 1. The Bertz CT molecular complexity index is 1560. The van der Waals surface area contributed by atoms with Gasteiger partial charge >= 0.3 is 0 Å². The zero-order chi connectivity index (χ0) is 24.3. The van der Waals surface area contributed by atoms with E-state index in [9.17, 15) is 8.78 Å². The Balaban J connectivity index is 1.68. The zero-order valence-electron chi connectivity index (χ0n) is 20.0. The Morgan fingerprint density at radius 2 is 1.56 bits per heavy atom. The monoisotopic (exact) mass is 461 g/mol. The van der Waals surface area contributed by atoms with Crippen LogP contribution in [0.3, 0.4) is 0 Å². The van der Waals surface area contributed by atoms with Crippen molar-refractivity contribution >= 4 is 44.8 Å². The summed E-state index contributed by atoms with van der Waals surface area (Å²) in [5.41, 5.74) is 1.98. The van der Waals surface area contributed by atoms with Crippen molar-refractivity contribution in [3.05, 3.63) is 95.7 Å². The van der Waals surface area contributed by atoms with Gasteiger partial charge in [0.25, 0.3) is 0 Å². The minimum atomic E-state index is -2.01. The van der Waals surface area contributed by atoms with Crippen LogP contribution in [-0.2, 0) is 6.37 Å². The maximum absolute atomic E-state index is 13.8. The van der Waals surface area contributed by atoms with Crippen LogP contribution in [0.1, 0.15) is 13.9 Å². The van der Waals surface area contributed by atoms with E-state index in [1.54, 1.807) is 29.7 Å². The SMILES string of the molecule is [2H]C([2H])(c1ccnc(-c2cccc3c2sc2c([Si](C)(C)C)cccc23)c1)c1ccc(F)c(F)c1. The number of thiophene rings is 1. The quantitative estimate of drug-likeness (QED) is 0.252. The second kappa shape index (κ2) is 7.91. The molecular weight excluding hydrogens is 436 g/mol. The second-order valence-corrected chi connectivity index (χ2v) is 15.0. The van der Waals surface area contributed by atoms with Gasteiger partial charge in [-0.05, 0) is 47.0 Å². The topological polar surface area (TPSA) is 12.9 Å². The van der Waals surface area contributed by atoms with E-state index in [0.717, 1.165) is 27.8 Å². The van der Waals surface area contributed by atoms with Crippen LogP contribution in [0.4, 0.5) is 8.78 Å². The molecule has 160 valence electrons. The molecule has 5 aromatic rings. The fraction of sp³-hybridized carbons (Fsp3) is 0.148. The second-order valence-electron chi connectivity index (χ2n) is 8.90. The number of fused-ring (bicyclic) bond motifs is 3. The first-order chi connectivity index (χ1) is 16.1. The van der Waals surface area contributed by atoms with Crippen molar-refractivity contribution in [2.75, 3.05) is 0 Å². The summed E-state index contributed by atoms with van der Waals surface area (Å²) in [5, 5.41) is 3.82. The van der Waals surface area contributed by atoms with Gasteiger partial charge < -0.3 is 0 Å². The van der Waals surface area contributed by atoms with Crippen LogP contribution in [0.25, 0.3) is 31.4 Å². The van der Waals surface area contributed by atoms with Gasteiger partial charge in [-0.2, -0.15) is 0 Å². The fourth-order valence-corrected chi connectivity index (χ4v) is 7.73. The first kappa shape index (κ1) is 18.7. The van der Waals surface area contributed by atoms with Crippen LogP contribution in [0.15, 0.2) is 72.9 Å². The standard InChI is InChI=1S/C27H23F2NSSi/c1-32(2,3)25-9-5-7-20-19-6-4-8-21(26(19)31-27(20)25)24-16-18(12-13-30-24)14-17-10-11-22(28)23(29)15-17/h4-13,15-16H,14H2,1-3H3/i14D2. The highest BCUT2D eigenvalue weighted by Gasteiger charge is 2.22. The summed E-state index contributed by atoms with van der Waals surface area (Å²) in [4.78, 5) is 4.55. The number of hydrogen-bond acceptors (Lipinski definition) is 2. The molecule has 0 spiro atoms. The van der Waals surface area contributed by atoms with E-state index in [4.69, 9.17) is 2.74 Å². The van der Waals surface area contributed by atoms with Crippen molar-refractivity contribution in [3.63, 3.8) is 0 Å². The number of halogens is 2. The van der Waals surface area contributed by atoms with Crippen LogP contribution in [0, 0.1) is 11.6 Å². The van der Waals surface area contributed by atoms with E-state index < -0.39 is 26.1 Å². The van der Waals surface area contributed by atoms with Gasteiger partial charge in [-0.3, -0.25) is 4.98 Å². The molecule has 0 aliphatic rings. The van der Waals surface area contributed by atoms with E-state index in [2.05, 4.69) is 48.9 Å². The summed E-state index contributed by atoms with van der Waals surface area (Å²) in [6.45, 7) is 7.04. The lowest BCUT2D eigenvalue weighted by atomic mass is 10.0. The molecule has 0 atom stereocenters. The predicted octanol–water partition coefficient (Wildman–Crippen LogP) is 7.53. The fourth-order valence-electron chi connectivity index (χ4n) is 4.01. The molecule has 2 heterocycles. The van der Waals surface area contributed by atoms with Gasteiger partial charge in [0.05, 0.1) is 13.8 Å². The minimum Gasteiger partial charge on any atom is -0.256 e. The van der Waals surface area contributed by atoms with Crippen molar-refractivity contribution in [1.29, 1.82) is 0 Å². The van der Waals surface area contributed by atoms with E-state index in [0.29, 0.717) is 11.3 Å². The Kier molecular flexibility index (Phi) is 4.61. The summed E-state index contributed by atoms with van der Waals surface area (Å²) in [6, 6.07) is 19.1. The van der Waals surface area contributed by atoms with E-state index in [-0.39, 0.29) is 5.56 Å². The molecule has 0 saturated carbocycles. The average Bonchev–Trinajstić information content (AvgIpc) is 3.19. The number of aromatic nitrogens is 1. The Labute approximate surface area is 194 Å². The third-order valence-corrected chi connectivity index (χ3v) is 9.08. The molecule has 32 heavy (non-hydrogen) atoms. The van der Waals surface area contributed by atoms with E-state index in [1.807, 2.05) is 12.1 Å². The lowest BCUT2D eigenvalue weighted by Crippen LogP contribution is -2.37. The Morgan fingerprint density at radius 1 is 0.844 bits per heavy atom. The van der Waals surface area contributed by atoms with Crippen molar-refractivity contribution < 1.29 is 11.5 Å². The highest BCUT2D eigenvalue weighted by atomic mass is 32.1. The first-order valence-corrected chi connectivity index (χ1v) is 14.8. The molecule has 0 saturated heterocycles. The molecule has 0 aliphatic carbocycles. The summed E-state index contributed by atoms with van der Waals surface area (Å²) in [5.74, 6) is -2.06. The highest BCUT2D eigenvalue weighted by molar-refractivity contribution is 7.28. The molecule has 1 nitrogen and oxygen atoms in total. The smallest absolute Gasteiger partial charge is 0.159 e. The maximum atomic E-state index is 13.8. The molecule has 5 heteroatoms. The van der Waals surface area contributed by atoms with Crippen molar-refractivity contribution in [2.24, 2.45) is 0 Å². The lowest BCUT2D eigenvalue weighted by Gasteiger charge is -2.17. The summed E-state index contributed by atoms with van der Waals surface area (Å²) in [7, 11) is -1.55. The molecule has 5 rings (SSSR count). The molecule has 0 unspecified atom stereocenters. The summed E-state index contributed by atoms with van der Waals surface area (Å²) in [6.07, 6.45) is -0.437. The first-order valence-electron chi connectivity index (χ1n) is 11.4. The third-order valence-electron chi connectivity index (χ3n) is 5.58. The van der Waals surface area contributed by atoms with Crippen molar-refractivity contribution in [3.8, 4) is 11.3 Å². The number of hydrogen-bond donors (Lipinski definition) is 0. The van der Waals surface area contributed by atoms with Gasteiger partial charge in [0.2, 0.25) is 0 Å². The minimum absolute atomic E-state index is 0.0587. The van der Waals surface area contributed by atoms with E-state index >= 15 is 0 Å². The van der Waals surface area contributed by atoms with Gasteiger partial charge in [0.1, 0.15) is 0 Å². The molecule has 0 fully saturated rings. The maximum Gasteiger partial charge on any atom is 0.159 e. The lowest BCUT2D eigenvalue weighted by molar-refractivity contribution is 0.507. The van der Waals surface area contributed by atoms with Gasteiger partial charge in [-0.1, -0.05) is 62.1 Å². The highest BCUT2D eigenvalue weighted by Crippen LogP contribution is 2.39. The van der Waals surface area contributed by atoms with Gasteiger partial charge in [-0.25, -0.2) is 8.78 Å². The molecule has 0 amide bonds. The number of benzene rings is 3. The molecule has 0 radical (unpaired) electrons. The largest absolute Gasteiger partial charge is 0.256 e. The van der Waals surface area contributed by atoms with Gasteiger partial charge in [-0.15, -0.1) is 11.3 Å². The molecule has 0 bridgehead atoms. The van der Waals surface area contributed by atoms with Crippen molar-refractivity contribution in [2.45, 2.75) is 26.0 Å². The van der Waals surface area contributed by atoms with Crippen molar-refractivity contribution in [1.82, 2.24) is 4.98 Å². The Morgan fingerprint density at radius 3 is 2.31 bits per heavy atom. The normalized spacial score (nSPS) is 13.4. The Hall–Kier alpha value is -2.89. The van der Waals surface area contributed by atoms with E-state index in [1.165, 1.54) is 21.3 Å². The van der Waals surface area contributed by atoms with Crippen LogP contribution in [0.2, 0.25) is 19.6 Å².